The van der Waals surface area contributed by atoms with E-state index in [4.69, 9.17) is 0 Å². The van der Waals surface area contributed by atoms with Crippen molar-refractivity contribution in [1.29, 1.82) is 0 Å². The number of alkyl halides is 3. The molecular weight excluding hydrogens is 323 g/mol. The molecule has 0 unspecified atom stereocenters. The van der Waals surface area contributed by atoms with Gasteiger partial charge in [-0.3, -0.25) is 4.98 Å². The van der Waals surface area contributed by atoms with Crippen LogP contribution in [0.2, 0.25) is 0 Å². The van der Waals surface area contributed by atoms with Gasteiger partial charge in [0, 0.05) is 25.2 Å². The Bertz CT molecular complexity index is 758. The molecule has 3 rings (SSSR count). The number of carbonyl (C=O) groups excluding carboxylic acids is 1. The number of halogens is 3. The number of hydrogen-bond donors (Lipinski definition) is 1. The number of nitrogens with one attached hydrogen (secondary N) is 1. The van der Waals surface area contributed by atoms with E-state index in [9.17, 15) is 18.0 Å². The molecule has 8 heteroatoms. The Labute approximate surface area is 136 Å². The van der Waals surface area contributed by atoms with Gasteiger partial charge in [0.1, 0.15) is 0 Å². The summed E-state index contributed by atoms with van der Waals surface area (Å²) in [5, 5.41) is 3.56. The Kier molecular flexibility index (Phi) is 4.08. The van der Waals surface area contributed by atoms with Crippen LogP contribution in [0.5, 0.6) is 0 Å². The van der Waals surface area contributed by atoms with Crippen LogP contribution in [-0.4, -0.2) is 47.9 Å². The minimum atomic E-state index is -4.50. The lowest BCUT2D eigenvalue weighted by molar-refractivity contribution is -0.303. The monoisotopic (exact) mass is 339 g/mol. The van der Waals surface area contributed by atoms with Crippen molar-refractivity contribution in [1.82, 2.24) is 15.2 Å². The molecule has 0 spiro atoms. The summed E-state index contributed by atoms with van der Waals surface area (Å²) in [7, 11) is 1.01. The number of amides is 2. The summed E-state index contributed by atoms with van der Waals surface area (Å²) < 4.78 is 43.3. The summed E-state index contributed by atoms with van der Waals surface area (Å²) in [6.45, 7) is -0.771. The minimum Gasteiger partial charge on any atom is -0.365 e. The van der Waals surface area contributed by atoms with Gasteiger partial charge in [-0.25, -0.2) is 4.79 Å². The predicted molar refractivity (Wildman–Crippen MR) is 81.3 cm³/mol. The molecule has 0 bridgehead atoms. The first-order chi connectivity index (χ1) is 11.3. The number of urea groups is 1. The van der Waals surface area contributed by atoms with E-state index in [0.717, 1.165) is 28.5 Å². The maximum absolute atomic E-state index is 12.9. The van der Waals surface area contributed by atoms with Crippen molar-refractivity contribution in [3.05, 3.63) is 42.1 Å². The van der Waals surface area contributed by atoms with Crippen LogP contribution in [0.25, 0.3) is 10.9 Å². The van der Waals surface area contributed by atoms with Crippen molar-refractivity contribution in [3.8, 4) is 0 Å². The molecule has 24 heavy (non-hydrogen) atoms. The van der Waals surface area contributed by atoms with Crippen LogP contribution < -0.4 is 5.32 Å². The van der Waals surface area contributed by atoms with Crippen LogP contribution in [-0.2, 0) is 11.3 Å². The molecule has 2 amide bonds. The van der Waals surface area contributed by atoms with Gasteiger partial charge in [-0.05, 0) is 23.8 Å². The first kappa shape index (κ1) is 16.5. The lowest BCUT2D eigenvalue weighted by Gasteiger charge is -2.49. The van der Waals surface area contributed by atoms with E-state index >= 15 is 0 Å². The van der Waals surface area contributed by atoms with E-state index in [0.29, 0.717) is 0 Å². The Morgan fingerprint density at radius 3 is 2.79 bits per heavy atom. The molecule has 5 nitrogen and oxygen atoms in total. The average Bonchev–Trinajstić information content (AvgIpc) is 2.51. The topological polar surface area (TPSA) is 54.5 Å². The Morgan fingerprint density at radius 2 is 2.12 bits per heavy atom. The second-order valence-electron chi connectivity index (χ2n) is 5.74. The average molecular weight is 339 g/mol. The molecule has 128 valence electrons. The summed E-state index contributed by atoms with van der Waals surface area (Å²) in [5.74, 6) is 0. The van der Waals surface area contributed by atoms with Gasteiger partial charge in [0.2, 0.25) is 0 Å². The fourth-order valence-electron chi connectivity index (χ4n) is 2.66. The highest BCUT2D eigenvalue weighted by Crippen LogP contribution is 2.40. The number of fused-ring (bicyclic) bond motifs is 1. The van der Waals surface area contributed by atoms with Crippen molar-refractivity contribution in [2.45, 2.75) is 18.3 Å². The molecule has 2 heterocycles. The minimum absolute atomic E-state index is 0.228. The number of ether oxygens (including phenoxy) is 1. The quantitative estimate of drug-likeness (QED) is 0.935. The maximum atomic E-state index is 12.9. The molecule has 0 radical (unpaired) electrons. The van der Waals surface area contributed by atoms with E-state index in [1.54, 1.807) is 6.20 Å². The number of methoxy groups -OCH3 is 1. The lowest BCUT2D eigenvalue weighted by Crippen LogP contribution is -2.72. The third kappa shape index (κ3) is 2.89. The van der Waals surface area contributed by atoms with Gasteiger partial charge in [0.25, 0.3) is 0 Å². The molecule has 1 aliphatic heterocycles. The molecule has 1 aliphatic rings. The summed E-state index contributed by atoms with van der Waals surface area (Å²) in [5.41, 5.74) is -0.567. The summed E-state index contributed by atoms with van der Waals surface area (Å²) in [4.78, 5) is 17.3. The maximum Gasteiger partial charge on any atom is 0.420 e. The summed E-state index contributed by atoms with van der Waals surface area (Å²) in [6, 6.07) is 8.71. The zero-order valence-corrected chi connectivity index (χ0v) is 12.9. The van der Waals surface area contributed by atoms with E-state index in [2.05, 4.69) is 15.0 Å². The van der Waals surface area contributed by atoms with E-state index < -0.39 is 30.9 Å². The van der Waals surface area contributed by atoms with Crippen LogP contribution in [0.15, 0.2) is 36.5 Å². The highest BCUT2D eigenvalue weighted by atomic mass is 19.4. The molecule has 2 aromatic rings. The highest BCUT2D eigenvalue weighted by Gasteiger charge is 2.63. The van der Waals surface area contributed by atoms with E-state index in [1.807, 2.05) is 30.3 Å². The number of rotatable bonds is 3. The lowest BCUT2D eigenvalue weighted by atomic mass is 9.93. The Morgan fingerprint density at radius 1 is 1.38 bits per heavy atom. The normalized spacial score (nSPS) is 16.8. The van der Waals surface area contributed by atoms with Gasteiger partial charge in [0.15, 0.2) is 5.60 Å². The zero-order valence-electron chi connectivity index (χ0n) is 12.9. The van der Waals surface area contributed by atoms with Gasteiger partial charge >= 0.3 is 12.2 Å². The van der Waals surface area contributed by atoms with Crippen LogP contribution in [0.3, 0.4) is 0 Å². The summed E-state index contributed by atoms with van der Waals surface area (Å²) in [6.07, 6.45) is -2.81. The smallest absolute Gasteiger partial charge is 0.365 e. The van der Waals surface area contributed by atoms with Gasteiger partial charge in [-0.1, -0.05) is 12.1 Å². The van der Waals surface area contributed by atoms with Gasteiger partial charge in [-0.2, -0.15) is 13.2 Å². The fraction of sp³-hybridized carbons (Fsp3) is 0.375. The molecule has 1 aromatic carbocycles. The SMILES string of the molecule is COC1(C(F)(F)F)CN(C(=O)NCc2ccc3ncccc3c2)C1. The number of pyridine rings is 1. The number of carbonyl (C=O) groups is 1. The second-order valence-corrected chi connectivity index (χ2v) is 5.74. The van der Waals surface area contributed by atoms with Crippen molar-refractivity contribution >= 4 is 16.9 Å². The number of hydrogen-bond acceptors (Lipinski definition) is 3. The van der Waals surface area contributed by atoms with Crippen molar-refractivity contribution in [3.63, 3.8) is 0 Å². The number of aromatic nitrogens is 1. The van der Waals surface area contributed by atoms with Crippen molar-refractivity contribution in [2.75, 3.05) is 20.2 Å². The number of nitrogens with zero attached hydrogens (tertiary/aromatic N) is 2. The summed E-state index contributed by atoms with van der Waals surface area (Å²) >= 11 is 0. The molecule has 0 atom stereocenters. The van der Waals surface area contributed by atoms with Gasteiger partial charge < -0.3 is 15.0 Å². The third-order valence-corrected chi connectivity index (χ3v) is 4.20. The van der Waals surface area contributed by atoms with Crippen molar-refractivity contribution < 1.29 is 22.7 Å². The molecule has 1 saturated heterocycles. The van der Waals surface area contributed by atoms with E-state index in [1.165, 1.54) is 0 Å². The third-order valence-electron chi connectivity index (χ3n) is 4.20. The Hall–Kier alpha value is -2.35. The number of benzene rings is 1. The number of likely N-dealkylation sites (tertiary alicyclic amines) is 1. The molecule has 0 saturated carbocycles. The molecule has 1 aromatic heterocycles. The van der Waals surface area contributed by atoms with Gasteiger partial charge in [-0.15, -0.1) is 0 Å². The van der Waals surface area contributed by atoms with Gasteiger partial charge in [0.05, 0.1) is 18.6 Å². The first-order valence-corrected chi connectivity index (χ1v) is 7.33. The van der Waals surface area contributed by atoms with Crippen LogP contribution in [0.1, 0.15) is 5.56 Å². The second kappa shape index (κ2) is 5.94. The van der Waals surface area contributed by atoms with Crippen LogP contribution in [0.4, 0.5) is 18.0 Å². The largest absolute Gasteiger partial charge is 0.420 e. The molecule has 1 N–H and O–H groups in total. The molecule has 1 fully saturated rings. The van der Waals surface area contributed by atoms with Crippen LogP contribution in [0, 0.1) is 0 Å². The Balaban J connectivity index is 1.58. The highest BCUT2D eigenvalue weighted by molar-refractivity contribution is 5.79. The first-order valence-electron chi connectivity index (χ1n) is 7.33. The van der Waals surface area contributed by atoms with Crippen LogP contribution >= 0.6 is 0 Å². The van der Waals surface area contributed by atoms with E-state index in [-0.39, 0.29) is 6.54 Å². The molecule has 0 aliphatic carbocycles. The molecular formula is C16H16F3N3O2. The zero-order chi connectivity index (χ0) is 17.4. The fourth-order valence-corrected chi connectivity index (χ4v) is 2.66. The van der Waals surface area contributed by atoms with Crippen molar-refractivity contribution in [2.24, 2.45) is 0 Å². The predicted octanol–water partition coefficient (Wildman–Crippen LogP) is 2.71. The standard InChI is InChI=1S/C16H16F3N3O2/c1-24-15(16(17,18)19)9-22(10-15)14(23)21-8-11-4-5-13-12(7-11)3-2-6-20-13/h2-7H,8-10H2,1H3,(H,21,23).